The molecular weight excluding hydrogens is 198 g/mol. The molecule has 1 heterocycles. The van der Waals surface area contributed by atoms with E-state index in [9.17, 15) is 0 Å². The molecule has 0 fully saturated rings. The highest BCUT2D eigenvalue weighted by Gasteiger charge is 2.01. The fourth-order valence-electron chi connectivity index (χ4n) is 1.23. The molecule has 0 aliphatic heterocycles. The van der Waals surface area contributed by atoms with Gasteiger partial charge in [0.15, 0.2) is 0 Å². The van der Waals surface area contributed by atoms with Crippen molar-refractivity contribution in [2.75, 3.05) is 0 Å². The van der Waals surface area contributed by atoms with Crippen LogP contribution in [0.25, 0.3) is 11.0 Å². The van der Waals surface area contributed by atoms with Crippen molar-refractivity contribution in [3.8, 4) is 6.07 Å². The normalized spacial score (nSPS) is 8.25. The van der Waals surface area contributed by atoms with Crippen molar-refractivity contribution in [1.82, 2.24) is 0 Å². The predicted molar refractivity (Wildman–Crippen MR) is 68.4 cm³/mol. The molecule has 2 heteroatoms. The number of aryl methyl sites for hydroxylation is 1. The molecule has 0 amide bonds. The van der Waals surface area contributed by atoms with Crippen LogP contribution in [0.4, 0.5) is 0 Å². The molecule has 0 N–H and O–H groups in total. The van der Waals surface area contributed by atoms with E-state index in [2.05, 4.69) is 6.07 Å². The standard InChI is InChI=1S/C10H7NO.2C2H6/c1-7-6-12-10-4-8(5-11)2-3-9(7)10;2*1-2/h2-4,6H,1H3;2*1-2H3. The van der Waals surface area contributed by atoms with Gasteiger partial charge in [-0.2, -0.15) is 5.26 Å². The average molecular weight is 217 g/mol. The largest absolute Gasteiger partial charge is 0.464 e. The molecule has 0 radical (unpaired) electrons. The summed E-state index contributed by atoms with van der Waals surface area (Å²) in [5, 5.41) is 9.69. The Morgan fingerprint density at radius 1 is 1.12 bits per heavy atom. The minimum absolute atomic E-state index is 0.636. The van der Waals surface area contributed by atoms with Crippen LogP contribution < -0.4 is 0 Å². The maximum Gasteiger partial charge on any atom is 0.135 e. The summed E-state index contributed by atoms with van der Waals surface area (Å²) in [6, 6.07) is 7.53. The highest BCUT2D eigenvalue weighted by Crippen LogP contribution is 2.20. The molecule has 86 valence electrons. The lowest BCUT2D eigenvalue weighted by Crippen LogP contribution is -1.72. The summed E-state index contributed by atoms with van der Waals surface area (Å²) in [6.45, 7) is 9.98. The van der Waals surface area contributed by atoms with E-state index >= 15 is 0 Å². The highest BCUT2D eigenvalue weighted by molar-refractivity contribution is 5.81. The van der Waals surface area contributed by atoms with Gasteiger partial charge in [-0.1, -0.05) is 27.7 Å². The van der Waals surface area contributed by atoms with E-state index in [1.807, 2.05) is 40.7 Å². The van der Waals surface area contributed by atoms with Gasteiger partial charge in [0.05, 0.1) is 17.9 Å². The molecule has 2 aromatic rings. The summed E-state index contributed by atoms with van der Waals surface area (Å²) in [6.07, 6.45) is 1.70. The van der Waals surface area contributed by atoms with Crippen LogP contribution in [0.1, 0.15) is 38.8 Å². The Morgan fingerprint density at radius 2 is 1.75 bits per heavy atom. The number of nitriles is 1. The van der Waals surface area contributed by atoms with Gasteiger partial charge in [-0.05, 0) is 30.7 Å². The third kappa shape index (κ3) is 3.13. The van der Waals surface area contributed by atoms with Crippen LogP contribution in [0.3, 0.4) is 0 Å². The van der Waals surface area contributed by atoms with Gasteiger partial charge in [-0.25, -0.2) is 0 Å². The Balaban J connectivity index is 0.000000509. The number of rotatable bonds is 0. The van der Waals surface area contributed by atoms with Crippen molar-refractivity contribution in [1.29, 1.82) is 5.26 Å². The first-order chi connectivity index (χ1) is 7.81. The van der Waals surface area contributed by atoms with Crippen molar-refractivity contribution in [2.45, 2.75) is 34.6 Å². The Kier molecular flexibility index (Phi) is 6.71. The average Bonchev–Trinajstić information content (AvgIpc) is 2.75. The topological polar surface area (TPSA) is 36.9 Å². The third-order valence-corrected chi connectivity index (χ3v) is 1.90. The molecule has 0 unspecified atom stereocenters. The van der Waals surface area contributed by atoms with E-state index in [-0.39, 0.29) is 0 Å². The molecule has 0 spiro atoms. The summed E-state index contributed by atoms with van der Waals surface area (Å²) >= 11 is 0. The summed E-state index contributed by atoms with van der Waals surface area (Å²) in [5.74, 6) is 0. The lowest BCUT2D eigenvalue weighted by Gasteiger charge is -1.89. The summed E-state index contributed by atoms with van der Waals surface area (Å²) in [4.78, 5) is 0. The number of nitrogens with zero attached hydrogens (tertiary/aromatic N) is 1. The van der Waals surface area contributed by atoms with E-state index < -0.39 is 0 Å². The van der Waals surface area contributed by atoms with Crippen molar-refractivity contribution in [3.63, 3.8) is 0 Å². The van der Waals surface area contributed by atoms with E-state index in [4.69, 9.17) is 9.68 Å². The Labute approximate surface area is 97.5 Å². The van der Waals surface area contributed by atoms with Gasteiger partial charge in [0.1, 0.15) is 5.58 Å². The number of benzene rings is 1. The number of hydrogen-bond acceptors (Lipinski definition) is 2. The van der Waals surface area contributed by atoms with Gasteiger partial charge < -0.3 is 4.42 Å². The molecule has 0 saturated carbocycles. The van der Waals surface area contributed by atoms with E-state index in [0.717, 1.165) is 16.5 Å². The van der Waals surface area contributed by atoms with Crippen molar-refractivity contribution >= 4 is 11.0 Å². The molecule has 0 atom stereocenters. The molecule has 1 aromatic heterocycles. The smallest absolute Gasteiger partial charge is 0.135 e. The van der Waals surface area contributed by atoms with Gasteiger partial charge in [-0.3, -0.25) is 0 Å². The quantitative estimate of drug-likeness (QED) is 0.643. The van der Waals surface area contributed by atoms with E-state index in [0.29, 0.717) is 5.56 Å². The lowest BCUT2D eigenvalue weighted by atomic mass is 10.1. The van der Waals surface area contributed by atoms with Crippen LogP contribution >= 0.6 is 0 Å². The van der Waals surface area contributed by atoms with Crippen molar-refractivity contribution in [3.05, 3.63) is 35.6 Å². The Bertz CT molecular complexity index is 463. The Morgan fingerprint density at radius 3 is 2.31 bits per heavy atom. The summed E-state index contributed by atoms with van der Waals surface area (Å²) in [7, 11) is 0. The molecular formula is C14H19NO. The maximum atomic E-state index is 8.61. The van der Waals surface area contributed by atoms with Gasteiger partial charge >= 0.3 is 0 Å². The molecule has 1 aromatic carbocycles. The van der Waals surface area contributed by atoms with Gasteiger partial charge in [0, 0.05) is 5.39 Å². The molecule has 0 aliphatic carbocycles. The Hall–Kier alpha value is -1.75. The molecule has 0 saturated heterocycles. The van der Waals surface area contributed by atoms with E-state index in [1.165, 1.54) is 0 Å². The monoisotopic (exact) mass is 217 g/mol. The molecule has 0 bridgehead atoms. The van der Waals surface area contributed by atoms with E-state index in [1.54, 1.807) is 18.4 Å². The minimum Gasteiger partial charge on any atom is -0.464 e. The number of hydrogen-bond donors (Lipinski definition) is 0. The maximum absolute atomic E-state index is 8.61. The zero-order valence-electron chi connectivity index (χ0n) is 10.7. The fraction of sp³-hybridized carbons (Fsp3) is 0.357. The van der Waals surface area contributed by atoms with Gasteiger partial charge in [0.2, 0.25) is 0 Å². The third-order valence-electron chi connectivity index (χ3n) is 1.90. The fourth-order valence-corrected chi connectivity index (χ4v) is 1.23. The second kappa shape index (κ2) is 7.53. The first-order valence-electron chi connectivity index (χ1n) is 5.69. The predicted octanol–water partition coefficient (Wildman–Crippen LogP) is 4.67. The van der Waals surface area contributed by atoms with Crippen LogP contribution in [0, 0.1) is 18.3 Å². The second-order valence-electron chi connectivity index (χ2n) is 2.74. The molecule has 16 heavy (non-hydrogen) atoms. The van der Waals surface area contributed by atoms with Crippen LogP contribution in [-0.4, -0.2) is 0 Å². The first-order valence-corrected chi connectivity index (χ1v) is 5.69. The highest BCUT2D eigenvalue weighted by atomic mass is 16.3. The number of fused-ring (bicyclic) bond motifs is 1. The molecule has 0 aliphatic rings. The van der Waals surface area contributed by atoms with Gasteiger partial charge in [-0.15, -0.1) is 0 Å². The zero-order chi connectivity index (χ0) is 12.6. The van der Waals surface area contributed by atoms with Crippen LogP contribution in [0.15, 0.2) is 28.9 Å². The number of furan rings is 1. The van der Waals surface area contributed by atoms with Crippen molar-refractivity contribution < 1.29 is 4.42 Å². The molecule has 2 rings (SSSR count). The second-order valence-corrected chi connectivity index (χ2v) is 2.74. The van der Waals surface area contributed by atoms with Crippen LogP contribution in [0.5, 0.6) is 0 Å². The van der Waals surface area contributed by atoms with Crippen molar-refractivity contribution in [2.24, 2.45) is 0 Å². The van der Waals surface area contributed by atoms with Crippen LogP contribution in [-0.2, 0) is 0 Å². The van der Waals surface area contributed by atoms with Crippen LogP contribution in [0.2, 0.25) is 0 Å². The van der Waals surface area contributed by atoms with Gasteiger partial charge in [0.25, 0.3) is 0 Å². The SMILES string of the molecule is CC.CC.Cc1coc2cc(C#N)ccc12. The first kappa shape index (κ1) is 14.2. The lowest BCUT2D eigenvalue weighted by molar-refractivity contribution is 0.613. The summed E-state index contributed by atoms with van der Waals surface area (Å²) < 4.78 is 5.24. The minimum atomic E-state index is 0.636. The summed E-state index contributed by atoms with van der Waals surface area (Å²) in [5.41, 5.74) is 2.53. The zero-order valence-corrected chi connectivity index (χ0v) is 10.7. The molecule has 2 nitrogen and oxygen atoms in total.